The molecule has 1 aromatic heterocycles. The van der Waals surface area contributed by atoms with Crippen molar-refractivity contribution in [1.29, 1.82) is 0 Å². The second kappa shape index (κ2) is 4.69. The molecule has 0 aliphatic carbocycles. The number of rotatable bonds is 3. The quantitative estimate of drug-likeness (QED) is 0.670. The van der Waals surface area contributed by atoms with Crippen molar-refractivity contribution in [1.82, 2.24) is 9.78 Å². The highest BCUT2D eigenvalue weighted by atomic mass is 16.1. The maximum atomic E-state index is 12.2. The molecule has 0 amide bonds. The van der Waals surface area contributed by atoms with Crippen LogP contribution in [0.3, 0.4) is 0 Å². The summed E-state index contributed by atoms with van der Waals surface area (Å²) in [6, 6.07) is 16.1. The number of hydrogen-bond acceptors (Lipinski definition) is 2. The number of fused-ring (bicyclic) bond motifs is 1. The highest BCUT2D eigenvalue weighted by Gasteiger charge is 2.10. The predicted octanol–water partition coefficient (Wildman–Crippen LogP) is 3.00. The van der Waals surface area contributed by atoms with E-state index in [1.54, 1.807) is 24.0 Å². The molecule has 0 aliphatic heterocycles. The summed E-state index contributed by atoms with van der Waals surface area (Å²) in [6.45, 7) is 0. The fourth-order valence-electron chi connectivity index (χ4n) is 2.27. The fourth-order valence-corrected chi connectivity index (χ4v) is 2.27. The van der Waals surface area contributed by atoms with Gasteiger partial charge in [-0.3, -0.25) is 9.48 Å². The topological polar surface area (TPSA) is 34.9 Å². The molecule has 3 heteroatoms. The number of hydrogen-bond donors (Lipinski definition) is 0. The fraction of sp³-hybridized carbons (Fsp3) is 0.125. The first-order chi connectivity index (χ1) is 9.24. The molecule has 3 nitrogen and oxygen atoms in total. The molecule has 0 aliphatic rings. The van der Waals surface area contributed by atoms with Crippen molar-refractivity contribution in [2.75, 3.05) is 0 Å². The van der Waals surface area contributed by atoms with Gasteiger partial charge in [0.05, 0.1) is 0 Å². The Morgan fingerprint density at radius 3 is 2.63 bits per heavy atom. The molecule has 0 unspecified atom stereocenters. The van der Waals surface area contributed by atoms with Crippen LogP contribution in [0.25, 0.3) is 10.8 Å². The molecule has 2 aromatic carbocycles. The Morgan fingerprint density at radius 1 is 1.11 bits per heavy atom. The van der Waals surface area contributed by atoms with E-state index in [0.29, 0.717) is 12.1 Å². The van der Waals surface area contributed by atoms with Crippen molar-refractivity contribution in [3.63, 3.8) is 0 Å². The summed E-state index contributed by atoms with van der Waals surface area (Å²) in [7, 11) is 1.79. The van der Waals surface area contributed by atoms with Gasteiger partial charge in [0.1, 0.15) is 5.69 Å². The zero-order chi connectivity index (χ0) is 13.2. The third-order valence-electron chi connectivity index (χ3n) is 3.29. The first-order valence-electron chi connectivity index (χ1n) is 6.23. The molecule has 0 fully saturated rings. The lowest BCUT2D eigenvalue weighted by atomic mass is 10.0. The lowest BCUT2D eigenvalue weighted by Crippen LogP contribution is -2.09. The van der Waals surface area contributed by atoms with Crippen molar-refractivity contribution >= 4 is 16.6 Å². The standard InChI is InChI=1S/C16H14N2O/c1-18-15(8-9-17-18)16(19)11-12-6-7-13-4-2-3-5-14(13)10-12/h2-10H,11H2,1H3. The summed E-state index contributed by atoms with van der Waals surface area (Å²) < 4.78 is 1.61. The Kier molecular flexibility index (Phi) is 2.88. The van der Waals surface area contributed by atoms with Crippen molar-refractivity contribution < 1.29 is 4.79 Å². The van der Waals surface area contributed by atoms with E-state index in [4.69, 9.17) is 0 Å². The minimum absolute atomic E-state index is 0.0929. The van der Waals surface area contributed by atoms with Crippen LogP contribution in [-0.2, 0) is 13.5 Å². The zero-order valence-electron chi connectivity index (χ0n) is 10.7. The highest BCUT2D eigenvalue weighted by molar-refractivity contribution is 5.96. The van der Waals surface area contributed by atoms with Crippen molar-refractivity contribution in [3.05, 3.63) is 66.0 Å². The van der Waals surface area contributed by atoms with Gasteiger partial charge in [-0.25, -0.2) is 0 Å². The van der Waals surface area contributed by atoms with E-state index in [9.17, 15) is 4.79 Å². The molecule has 0 saturated carbocycles. The van der Waals surface area contributed by atoms with E-state index < -0.39 is 0 Å². The number of nitrogens with zero attached hydrogens (tertiary/aromatic N) is 2. The van der Waals surface area contributed by atoms with Gasteiger partial charge < -0.3 is 0 Å². The number of Topliss-reactive ketones (excluding diaryl/α,β-unsaturated/α-hetero) is 1. The number of benzene rings is 2. The summed E-state index contributed by atoms with van der Waals surface area (Å²) in [5, 5.41) is 6.38. The minimum Gasteiger partial charge on any atom is -0.292 e. The average molecular weight is 250 g/mol. The predicted molar refractivity (Wildman–Crippen MR) is 75.2 cm³/mol. The number of aryl methyl sites for hydroxylation is 1. The van der Waals surface area contributed by atoms with Crippen LogP contribution in [0.5, 0.6) is 0 Å². The summed E-state index contributed by atoms with van der Waals surface area (Å²) in [4.78, 5) is 12.2. The van der Waals surface area contributed by atoms with Crippen molar-refractivity contribution in [2.45, 2.75) is 6.42 Å². The van der Waals surface area contributed by atoms with E-state index in [-0.39, 0.29) is 5.78 Å². The van der Waals surface area contributed by atoms with E-state index in [2.05, 4.69) is 29.4 Å². The second-order valence-electron chi connectivity index (χ2n) is 4.62. The summed E-state index contributed by atoms with van der Waals surface area (Å²) in [5.41, 5.74) is 1.68. The van der Waals surface area contributed by atoms with Crippen molar-refractivity contribution in [3.8, 4) is 0 Å². The largest absolute Gasteiger partial charge is 0.292 e. The molecule has 94 valence electrons. The van der Waals surface area contributed by atoms with Crippen LogP contribution in [0, 0.1) is 0 Å². The lowest BCUT2D eigenvalue weighted by molar-refractivity contribution is 0.0984. The Hall–Kier alpha value is -2.42. The van der Waals surface area contributed by atoms with Gasteiger partial charge in [-0.05, 0) is 22.4 Å². The maximum Gasteiger partial charge on any atom is 0.185 e. The highest BCUT2D eigenvalue weighted by Crippen LogP contribution is 2.17. The summed E-state index contributed by atoms with van der Waals surface area (Å²) in [5.74, 6) is 0.0929. The van der Waals surface area contributed by atoms with Gasteiger partial charge in [0.15, 0.2) is 5.78 Å². The normalized spacial score (nSPS) is 10.8. The van der Waals surface area contributed by atoms with Crippen LogP contribution in [0.1, 0.15) is 16.1 Å². The van der Waals surface area contributed by atoms with Gasteiger partial charge in [0.2, 0.25) is 0 Å². The minimum atomic E-state index is 0.0929. The third kappa shape index (κ3) is 2.27. The van der Waals surface area contributed by atoms with Crippen LogP contribution in [0.4, 0.5) is 0 Å². The molecule has 3 rings (SSSR count). The SMILES string of the molecule is Cn1nccc1C(=O)Cc1ccc2ccccc2c1. The average Bonchev–Trinajstić information content (AvgIpc) is 2.85. The first kappa shape index (κ1) is 11.7. The van der Waals surface area contributed by atoms with Gasteiger partial charge in [0.25, 0.3) is 0 Å². The molecule has 0 N–H and O–H groups in total. The monoisotopic (exact) mass is 250 g/mol. The Bertz CT molecular complexity index is 743. The number of ketones is 1. The Labute approximate surface area is 111 Å². The molecular formula is C16H14N2O. The maximum absolute atomic E-state index is 12.2. The van der Waals surface area contributed by atoms with E-state index in [1.807, 2.05) is 18.2 Å². The van der Waals surface area contributed by atoms with Gasteiger partial charge in [-0.2, -0.15) is 5.10 Å². The Balaban J connectivity index is 1.89. The van der Waals surface area contributed by atoms with Crippen molar-refractivity contribution in [2.24, 2.45) is 7.05 Å². The molecule has 0 radical (unpaired) electrons. The zero-order valence-corrected chi connectivity index (χ0v) is 10.7. The number of carbonyl (C=O) groups is 1. The summed E-state index contributed by atoms with van der Waals surface area (Å²) in [6.07, 6.45) is 2.05. The van der Waals surface area contributed by atoms with Crippen LogP contribution >= 0.6 is 0 Å². The van der Waals surface area contributed by atoms with Gasteiger partial charge >= 0.3 is 0 Å². The molecule has 1 heterocycles. The lowest BCUT2D eigenvalue weighted by Gasteiger charge is -2.04. The van der Waals surface area contributed by atoms with Gasteiger partial charge in [0, 0.05) is 19.7 Å². The third-order valence-corrected chi connectivity index (χ3v) is 3.29. The van der Waals surface area contributed by atoms with Crippen LogP contribution in [0.15, 0.2) is 54.7 Å². The Morgan fingerprint density at radius 2 is 1.89 bits per heavy atom. The van der Waals surface area contributed by atoms with E-state index in [1.165, 1.54) is 5.39 Å². The second-order valence-corrected chi connectivity index (χ2v) is 4.62. The summed E-state index contributed by atoms with van der Waals surface area (Å²) >= 11 is 0. The van der Waals surface area contributed by atoms with Crippen LogP contribution in [-0.4, -0.2) is 15.6 Å². The first-order valence-corrected chi connectivity index (χ1v) is 6.23. The van der Waals surface area contributed by atoms with Gasteiger partial charge in [-0.1, -0.05) is 42.5 Å². The molecule has 0 bridgehead atoms. The molecule has 3 aromatic rings. The number of aromatic nitrogens is 2. The van der Waals surface area contributed by atoms with Crippen LogP contribution in [0.2, 0.25) is 0 Å². The molecule has 0 atom stereocenters. The molecular weight excluding hydrogens is 236 g/mol. The molecule has 0 spiro atoms. The number of carbonyl (C=O) groups excluding carboxylic acids is 1. The smallest absolute Gasteiger partial charge is 0.185 e. The van der Waals surface area contributed by atoms with E-state index >= 15 is 0 Å². The van der Waals surface area contributed by atoms with E-state index in [0.717, 1.165) is 10.9 Å². The van der Waals surface area contributed by atoms with Gasteiger partial charge in [-0.15, -0.1) is 0 Å². The molecule has 19 heavy (non-hydrogen) atoms. The van der Waals surface area contributed by atoms with Crippen LogP contribution < -0.4 is 0 Å². The molecule has 0 saturated heterocycles.